The minimum atomic E-state index is -3.25. The van der Waals surface area contributed by atoms with Crippen LogP contribution < -0.4 is 10.0 Å². The molecule has 1 aromatic rings. The highest BCUT2D eigenvalue weighted by molar-refractivity contribution is 7.88. The zero-order chi connectivity index (χ0) is 20.2. The molecule has 1 heterocycles. The molecule has 0 aromatic heterocycles. The van der Waals surface area contributed by atoms with Crippen molar-refractivity contribution in [3.63, 3.8) is 0 Å². The predicted molar refractivity (Wildman–Crippen MR) is 105 cm³/mol. The number of likely N-dealkylation sites (tertiary alicyclic amines) is 1. The second kappa shape index (κ2) is 8.84. The number of carbonyl (C=O) groups excluding carboxylic acids is 2. The Hall–Kier alpha value is -1.93. The van der Waals surface area contributed by atoms with E-state index >= 15 is 0 Å². The first-order valence-corrected chi connectivity index (χ1v) is 11.1. The number of rotatable bonds is 6. The molecule has 1 aliphatic heterocycles. The molecule has 27 heavy (non-hydrogen) atoms. The van der Waals surface area contributed by atoms with Gasteiger partial charge in [0.25, 0.3) is 5.91 Å². The third-order valence-electron chi connectivity index (χ3n) is 4.72. The third kappa shape index (κ3) is 6.32. The van der Waals surface area contributed by atoms with Crippen LogP contribution in [0.2, 0.25) is 0 Å². The average Bonchev–Trinajstić information content (AvgIpc) is 2.58. The number of nitrogens with zero attached hydrogens (tertiary/aromatic N) is 1. The van der Waals surface area contributed by atoms with Crippen molar-refractivity contribution in [2.45, 2.75) is 45.7 Å². The molecule has 2 N–H and O–H groups in total. The van der Waals surface area contributed by atoms with Gasteiger partial charge in [-0.25, -0.2) is 13.1 Å². The highest BCUT2D eigenvalue weighted by Crippen LogP contribution is 2.15. The van der Waals surface area contributed by atoms with Crippen LogP contribution in [0.4, 0.5) is 0 Å². The number of nitrogens with one attached hydrogen (secondary N) is 2. The van der Waals surface area contributed by atoms with Gasteiger partial charge in [-0.3, -0.25) is 9.59 Å². The van der Waals surface area contributed by atoms with Crippen molar-refractivity contribution >= 4 is 21.8 Å². The van der Waals surface area contributed by atoms with Crippen molar-refractivity contribution in [3.8, 4) is 0 Å². The Morgan fingerprint density at radius 3 is 2.15 bits per heavy atom. The van der Waals surface area contributed by atoms with Gasteiger partial charge >= 0.3 is 0 Å². The lowest BCUT2D eigenvalue weighted by molar-refractivity contribution is -0.135. The van der Waals surface area contributed by atoms with Gasteiger partial charge < -0.3 is 10.2 Å². The molecule has 0 spiro atoms. The van der Waals surface area contributed by atoms with Crippen molar-refractivity contribution in [2.75, 3.05) is 19.3 Å². The lowest BCUT2D eigenvalue weighted by Crippen LogP contribution is -2.54. The lowest BCUT2D eigenvalue weighted by Gasteiger charge is -2.35. The molecule has 1 unspecified atom stereocenters. The SMILES string of the molecule is Cc1ccc(C(=O)NC(C(=O)N2CCC(NS(C)(=O)=O)CC2)C(C)C)cc1. The molecular formula is C19H29N3O4S. The fourth-order valence-electron chi connectivity index (χ4n) is 3.16. The topological polar surface area (TPSA) is 95.6 Å². The molecule has 0 bridgehead atoms. The van der Waals surface area contributed by atoms with Crippen LogP contribution in [0, 0.1) is 12.8 Å². The van der Waals surface area contributed by atoms with Crippen molar-refractivity contribution in [1.29, 1.82) is 0 Å². The van der Waals surface area contributed by atoms with Crippen LogP contribution in [-0.2, 0) is 14.8 Å². The number of sulfonamides is 1. The molecule has 2 amide bonds. The molecule has 1 aromatic carbocycles. The first-order chi connectivity index (χ1) is 12.6. The van der Waals surface area contributed by atoms with Gasteiger partial charge in [0.15, 0.2) is 0 Å². The average molecular weight is 396 g/mol. The summed E-state index contributed by atoms with van der Waals surface area (Å²) >= 11 is 0. The van der Waals surface area contributed by atoms with Crippen LogP contribution in [0.3, 0.4) is 0 Å². The van der Waals surface area contributed by atoms with E-state index in [9.17, 15) is 18.0 Å². The van der Waals surface area contributed by atoms with Gasteiger partial charge in [0, 0.05) is 24.7 Å². The van der Waals surface area contributed by atoms with Crippen molar-refractivity contribution in [2.24, 2.45) is 5.92 Å². The number of piperidine rings is 1. The lowest BCUT2D eigenvalue weighted by atomic mass is 9.99. The van der Waals surface area contributed by atoms with Gasteiger partial charge in [-0.15, -0.1) is 0 Å². The number of hydrogen-bond acceptors (Lipinski definition) is 4. The fraction of sp³-hybridized carbons (Fsp3) is 0.579. The van der Waals surface area contributed by atoms with E-state index in [4.69, 9.17) is 0 Å². The molecule has 8 heteroatoms. The van der Waals surface area contributed by atoms with Crippen LogP contribution in [0.1, 0.15) is 42.6 Å². The molecule has 0 aliphatic carbocycles. The van der Waals surface area contributed by atoms with Crippen LogP contribution in [-0.4, -0.2) is 56.6 Å². The highest BCUT2D eigenvalue weighted by atomic mass is 32.2. The number of amides is 2. The summed E-state index contributed by atoms with van der Waals surface area (Å²) in [6.45, 7) is 6.68. The van der Waals surface area contributed by atoms with Crippen LogP contribution in [0.5, 0.6) is 0 Å². The summed E-state index contributed by atoms with van der Waals surface area (Å²) in [5, 5.41) is 2.86. The molecule has 150 valence electrons. The van der Waals surface area contributed by atoms with Crippen LogP contribution in [0.15, 0.2) is 24.3 Å². The molecule has 1 fully saturated rings. The second-order valence-electron chi connectivity index (χ2n) is 7.55. The van der Waals surface area contributed by atoms with Crippen molar-refractivity contribution in [3.05, 3.63) is 35.4 Å². The molecule has 1 saturated heterocycles. The smallest absolute Gasteiger partial charge is 0.251 e. The maximum atomic E-state index is 12.9. The molecular weight excluding hydrogens is 366 g/mol. The normalized spacial score (nSPS) is 17.0. The van der Waals surface area contributed by atoms with E-state index in [1.807, 2.05) is 32.9 Å². The molecule has 2 rings (SSSR count). The molecule has 7 nitrogen and oxygen atoms in total. The van der Waals surface area contributed by atoms with E-state index in [0.29, 0.717) is 31.5 Å². The molecule has 0 radical (unpaired) electrons. The van der Waals surface area contributed by atoms with Crippen molar-refractivity contribution in [1.82, 2.24) is 14.9 Å². The zero-order valence-corrected chi connectivity index (χ0v) is 17.2. The highest BCUT2D eigenvalue weighted by Gasteiger charge is 2.32. The summed E-state index contributed by atoms with van der Waals surface area (Å²) in [6.07, 6.45) is 2.27. The third-order valence-corrected chi connectivity index (χ3v) is 5.48. The van der Waals surface area contributed by atoms with Gasteiger partial charge in [0.2, 0.25) is 15.9 Å². The van der Waals surface area contributed by atoms with Gasteiger partial charge in [0.1, 0.15) is 6.04 Å². The summed E-state index contributed by atoms with van der Waals surface area (Å²) in [5.41, 5.74) is 1.59. The van der Waals surface area contributed by atoms with Crippen LogP contribution >= 0.6 is 0 Å². The monoisotopic (exact) mass is 395 g/mol. The summed E-state index contributed by atoms with van der Waals surface area (Å²) in [4.78, 5) is 27.1. The largest absolute Gasteiger partial charge is 0.341 e. The maximum Gasteiger partial charge on any atom is 0.251 e. The quantitative estimate of drug-likeness (QED) is 0.759. The standard InChI is InChI=1S/C19H29N3O4S/c1-13(2)17(20-18(23)15-7-5-14(3)6-8-15)19(24)22-11-9-16(10-12-22)21-27(4,25)26/h5-8,13,16-17,21H,9-12H2,1-4H3,(H,20,23). The van der Waals surface area contributed by atoms with E-state index in [2.05, 4.69) is 10.0 Å². The maximum absolute atomic E-state index is 12.9. The Morgan fingerprint density at radius 1 is 1.11 bits per heavy atom. The summed E-state index contributed by atoms with van der Waals surface area (Å²) < 4.78 is 25.3. The summed E-state index contributed by atoms with van der Waals surface area (Å²) in [6, 6.07) is 6.45. The van der Waals surface area contributed by atoms with Gasteiger partial charge in [0.05, 0.1) is 6.26 Å². The Kier molecular flexibility index (Phi) is 7.00. The summed E-state index contributed by atoms with van der Waals surface area (Å²) in [5.74, 6) is -0.447. The predicted octanol–water partition coefficient (Wildman–Crippen LogP) is 1.29. The van der Waals surface area contributed by atoms with E-state index in [0.717, 1.165) is 11.8 Å². The Morgan fingerprint density at radius 2 is 1.67 bits per heavy atom. The van der Waals surface area contributed by atoms with Crippen molar-refractivity contribution < 1.29 is 18.0 Å². The van der Waals surface area contributed by atoms with Gasteiger partial charge in [-0.1, -0.05) is 31.5 Å². The Labute approximate surface area is 161 Å². The number of carbonyl (C=O) groups is 2. The molecule has 0 saturated carbocycles. The molecule has 1 aliphatic rings. The van der Waals surface area contributed by atoms with E-state index < -0.39 is 16.1 Å². The van der Waals surface area contributed by atoms with Gasteiger partial charge in [-0.2, -0.15) is 0 Å². The summed E-state index contributed by atoms with van der Waals surface area (Å²) in [7, 11) is -3.25. The first-order valence-electron chi connectivity index (χ1n) is 9.20. The number of benzene rings is 1. The molecule has 1 atom stereocenters. The Balaban J connectivity index is 1.99. The van der Waals surface area contributed by atoms with Crippen LogP contribution in [0.25, 0.3) is 0 Å². The number of aryl methyl sites for hydroxylation is 1. The Bertz CT molecular complexity index is 767. The second-order valence-corrected chi connectivity index (χ2v) is 9.33. The van der Waals surface area contributed by atoms with Gasteiger partial charge in [-0.05, 0) is 37.8 Å². The minimum absolute atomic E-state index is 0.0567. The van der Waals surface area contributed by atoms with E-state index in [-0.39, 0.29) is 23.8 Å². The minimum Gasteiger partial charge on any atom is -0.341 e. The fourth-order valence-corrected chi connectivity index (χ4v) is 4.00. The zero-order valence-electron chi connectivity index (χ0n) is 16.4. The van der Waals surface area contributed by atoms with E-state index in [1.165, 1.54) is 0 Å². The number of hydrogen-bond donors (Lipinski definition) is 2. The first kappa shape index (κ1) is 21.4. The van der Waals surface area contributed by atoms with E-state index in [1.54, 1.807) is 17.0 Å².